The maximum atomic E-state index is 11.6. The Labute approximate surface area is 92.7 Å². The van der Waals surface area contributed by atoms with Crippen LogP contribution in [0.25, 0.3) is 0 Å². The summed E-state index contributed by atoms with van der Waals surface area (Å²) < 4.78 is 0. The van der Waals surface area contributed by atoms with Gasteiger partial charge in [-0.05, 0) is 25.5 Å². The summed E-state index contributed by atoms with van der Waals surface area (Å²) in [7, 11) is 1.54. The summed E-state index contributed by atoms with van der Waals surface area (Å²) in [4.78, 5) is 24.3. The third-order valence-electron chi connectivity index (χ3n) is 1.94. The van der Waals surface area contributed by atoms with Gasteiger partial charge in [-0.3, -0.25) is 9.59 Å². The largest absolute Gasteiger partial charge is 0.358 e. The standard InChI is InChI=1S/C10H14N2O2S/c1-6-4-7(2)15-9(6)10(14)12-5-8(13)11-3/h4H,5H2,1-3H3,(H,11,13)(H,12,14). The van der Waals surface area contributed by atoms with E-state index >= 15 is 0 Å². The van der Waals surface area contributed by atoms with Gasteiger partial charge in [0.15, 0.2) is 0 Å². The molecule has 0 unspecified atom stereocenters. The first-order valence-electron chi connectivity index (χ1n) is 4.60. The van der Waals surface area contributed by atoms with E-state index in [2.05, 4.69) is 10.6 Å². The molecular formula is C10H14N2O2S. The van der Waals surface area contributed by atoms with Gasteiger partial charge in [-0.25, -0.2) is 0 Å². The van der Waals surface area contributed by atoms with E-state index in [1.165, 1.54) is 18.4 Å². The SMILES string of the molecule is CNC(=O)CNC(=O)c1sc(C)cc1C. The average molecular weight is 226 g/mol. The zero-order chi connectivity index (χ0) is 11.4. The summed E-state index contributed by atoms with van der Waals surface area (Å²) in [6, 6.07) is 1.96. The minimum absolute atomic E-state index is 0.0196. The zero-order valence-electron chi connectivity index (χ0n) is 9.01. The third kappa shape index (κ3) is 3.06. The van der Waals surface area contributed by atoms with Crippen LogP contribution >= 0.6 is 11.3 Å². The molecule has 2 N–H and O–H groups in total. The number of likely N-dealkylation sites (N-methyl/N-ethyl adjacent to an activating group) is 1. The van der Waals surface area contributed by atoms with E-state index in [4.69, 9.17) is 0 Å². The Hall–Kier alpha value is -1.36. The molecule has 2 amide bonds. The van der Waals surface area contributed by atoms with E-state index in [1.807, 2.05) is 19.9 Å². The van der Waals surface area contributed by atoms with Gasteiger partial charge in [0, 0.05) is 11.9 Å². The Morgan fingerprint density at radius 3 is 2.53 bits per heavy atom. The monoisotopic (exact) mass is 226 g/mol. The number of carbonyl (C=O) groups excluding carboxylic acids is 2. The second-order valence-corrected chi connectivity index (χ2v) is 4.48. The van der Waals surface area contributed by atoms with Crippen LogP contribution in [0.15, 0.2) is 6.07 Å². The summed E-state index contributed by atoms with van der Waals surface area (Å²) in [5, 5.41) is 5.00. The van der Waals surface area contributed by atoms with Gasteiger partial charge in [0.1, 0.15) is 0 Å². The van der Waals surface area contributed by atoms with Gasteiger partial charge in [-0.2, -0.15) is 0 Å². The van der Waals surface area contributed by atoms with Crippen LogP contribution in [0.1, 0.15) is 20.1 Å². The molecule has 0 atom stereocenters. The first-order chi connectivity index (χ1) is 7.04. The van der Waals surface area contributed by atoms with Crippen LogP contribution in [0.4, 0.5) is 0 Å². The number of aryl methyl sites for hydroxylation is 2. The quantitative estimate of drug-likeness (QED) is 0.802. The van der Waals surface area contributed by atoms with Crippen LogP contribution in [0.2, 0.25) is 0 Å². The molecule has 0 bridgehead atoms. The van der Waals surface area contributed by atoms with Crippen LogP contribution < -0.4 is 10.6 Å². The number of nitrogens with one attached hydrogen (secondary N) is 2. The first kappa shape index (κ1) is 11.7. The summed E-state index contributed by atoms with van der Waals surface area (Å²) in [5.74, 6) is -0.386. The summed E-state index contributed by atoms with van der Waals surface area (Å²) in [5.41, 5.74) is 0.951. The molecule has 0 saturated heterocycles. The number of hydrogen-bond acceptors (Lipinski definition) is 3. The maximum Gasteiger partial charge on any atom is 0.262 e. The normalized spacial score (nSPS) is 9.80. The van der Waals surface area contributed by atoms with Crippen LogP contribution in [0, 0.1) is 13.8 Å². The zero-order valence-corrected chi connectivity index (χ0v) is 9.83. The van der Waals surface area contributed by atoms with E-state index in [0.29, 0.717) is 4.88 Å². The molecule has 1 aromatic rings. The van der Waals surface area contributed by atoms with Crippen molar-refractivity contribution in [3.63, 3.8) is 0 Å². The highest BCUT2D eigenvalue weighted by atomic mass is 32.1. The number of rotatable bonds is 3. The van der Waals surface area contributed by atoms with Gasteiger partial charge in [0.25, 0.3) is 5.91 Å². The van der Waals surface area contributed by atoms with Crippen molar-refractivity contribution >= 4 is 23.2 Å². The number of thiophene rings is 1. The van der Waals surface area contributed by atoms with Crippen LogP contribution in [-0.2, 0) is 4.79 Å². The Morgan fingerprint density at radius 2 is 2.07 bits per heavy atom. The molecule has 0 spiro atoms. The molecule has 0 radical (unpaired) electrons. The van der Waals surface area contributed by atoms with Crippen molar-refractivity contribution in [2.75, 3.05) is 13.6 Å². The van der Waals surface area contributed by atoms with Gasteiger partial charge in [0.05, 0.1) is 11.4 Å². The first-order valence-corrected chi connectivity index (χ1v) is 5.42. The highest BCUT2D eigenvalue weighted by Crippen LogP contribution is 2.20. The second kappa shape index (κ2) is 4.93. The Balaban J connectivity index is 2.61. The van der Waals surface area contributed by atoms with Crippen molar-refractivity contribution < 1.29 is 9.59 Å². The van der Waals surface area contributed by atoms with Crippen LogP contribution in [-0.4, -0.2) is 25.4 Å². The molecule has 1 heterocycles. The Morgan fingerprint density at radius 1 is 1.40 bits per heavy atom. The maximum absolute atomic E-state index is 11.6. The fourth-order valence-electron chi connectivity index (χ4n) is 1.20. The molecule has 0 fully saturated rings. The Bertz CT molecular complexity index is 385. The lowest BCUT2D eigenvalue weighted by molar-refractivity contribution is -0.119. The van der Waals surface area contributed by atoms with Crippen molar-refractivity contribution in [3.05, 3.63) is 21.4 Å². The minimum atomic E-state index is -0.200. The topological polar surface area (TPSA) is 58.2 Å². The summed E-state index contributed by atoms with van der Waals surface area (Å²) >= 11 is 1.44. The molecule has 1 rings (SSSR count). The second-order valence-electron chi connectivity index (χ2n) is 3.23. The third-order valence-corrected chi connectivity index (χ3v) is 3.09. The summed E-state index contributed by atoms with van der Waals surface area (Å²) in [6.45, 7) is 3.86. The van der Waals surface area contributed by atoms with E-state index in [0.717, 1.165) is 10.4 Å². The van der Waals surface area contributed by atoms with Crippen molar-refractivity contribution in [2.45, 2.75) is 13.8 Å². The molecule has 15 heavy (non-hydrogen) atoms. The smallest absolute Gasteiger partial charge is 0.262 e. The van der Waals surface area contributed by atoms with Gasteiger partial charge in [0.2, 0.25) is 5.91 Å². The number of amides is 2. The van der Waals surface area contributed by atoms with E-state index in [9.17, 15) is 9.59 Å². The van der Waals surface area contributed by atoms with Crippen molar-refractivity contribution in [1.29, 1.82) is 0 Å². The van der Waals surface area contributed by atoms with Crippen molar-refractivity contribution in [1.82, 2.24) is 10.6 Å². The van der Waals surface area contributed by atoms with Gasteiger partial charge in [-0.15, -0.1) is 11.3 Å². The Kier molecular flexibility index (Phi) is 3.85. The molecule has 5 heteroatoms. The van der Waals surface area contributed by atoms with Crippen molar-refractivity contribution in [2.24, 2.45) is 0 Å². The highest BCUT2D eigenvalue weighted by Gasteiger charge is 2.12. The molecule has 1 aromatic heterocycles. The lowest BCUT2D eigenvalue weighted by atomic mass is 10.2. The molecule has 0 aliphatic rings. The molecule has 0 saturated carbocycles. The fourth-order valence-corrected chi connectivity index (χ4v) is 2.14. The van der Waals surface area contributed by atoms with E-state index in [1.54, 1.807) is 0 Å². The lowest BCUT2D eigenvalue weighted by Gasteiger charge is -2.02. The molecule has 0 aliphatic heterocycles. The van der Waals surface area contributed by atoms with Gasteiger partial charge < -0.3 is 10.6 Å². The van der Waals surface area contributed by atoms with E-state index < -0.39 is 0 Å². The molecule has 82 valence electrons. The average Bonchev–Trinajstić information content (AvgIpc) is 2.53. The summed E-state index contributed by atoms with van der Waals surface area (Å²) in [6.07, 6.45) is 0. The molecule has 0 aromatic carbocycles. The number of hydrogen-bond donors (Lipinski definition) is 2. The fraction of sp³-hybridized carbons (Fsp3) is 0.400. The molecule has 0 aliphatic carbocycles. The lowest BCUT2D eigenvalue weighted by Crippen LogP contribution is -2.35. The van der Waals surface area contributed by atoms with Gasteiger partial charge >= 0.3 is 0 Å². The molecule has 4 nitrogen and oxygen atoms in total. The highest BCUT2D eigenvalue weighted by molar-refractivity contribution is 7.14. The minimum Gasteiger partial charge on any atom is -0.358 e. The number of carbonyl (C=O) groups is 2. The van der Waals surface area contributed by atoms with E-state index in [-0.39, 0.29) is 18.4 Å². The molecular weight excluding hydrogens is 212 g/mol. The van der Waals surface area contributed by atoms with Crippen LogP contribution in [0.5, 0.6) is 0 Å². The van der Waals surface area contributed by atoms with Crippen LogP contribution in [0.3, 0.4) is 0 Å². The van der Waals surface area contributed by atoms with Gasteiger partial charge in [-0.1, -0.05) is 0 Å². The van der Waals surface area contributed by atoms with Crippen molar-refractivity contribution in [3.8, 4) is 0 Å². The predicted molar refractivity (Wildman–Crippen MR) is 60.2 cm³/mol. The predicted octanol–water partition coefficient (Wildman–Crippen LogP) is 0.841.